The lowest BCUT2D eigenvalue weighted by Gasteiger charge is -2.04. The molecule has 0 radical (unpaired) electrons. The Kier molecular flexibility index (Phi) is 4.60. The van der Waals surface area contributed by atoms with Gasteiger partial charge in [-0.25, -0.2) is 0 Å². The Morgan fingerprint density at radius 2 is 2.16 bits per heavy atom. The molecule has 0 fully saturated rings. The van der Waals surface area contributed by atoms with Gasteiger partial charge in [-0.15, -0.1) is 0 Å². The first kappa shape index (κ1) is 14.1. The third-order valence-electron chi connectivity index (χ3n) is 2.65. The van der Waals surface area contributed by atoms with E-state index in [1.807, 2.05) is 5.38 Å². The number of nitrogens with zero attached hydrogens (tertiary/aromatic N) is 2. The van der Waals surface area contributed by atoms with Crippen LogP contribution in [0.25, 0.3) is 0 Å². The monoisotopic (exact) mass is 289 g/mol. The van der Waals surface area contributed by atoms with Crippen LogP contribution in [0.2, 0.25) is 0 Å². The molecule has 0 aliphatic carbocycles. The van der Waals surface area contributed by atoms with Gasteiger partial charge in [0.2, 0.25) is 0 Å². The summed E-state index contributed by atoms with van der Waals surface area (Å²) in [5.74, 6) is 0. The minimum Gasteiger partial charge on any atom is -0.315 e. The van der Waals surface area contributed by atoms with Crippen LogP contribution in [-0.4, -0.2) is 22.9 Å². The summed E-state index contributed by atoms with van der Waals surface area (Å²) < 4.78 is 38.3. The third-order valence-corrected chi connectivity index (χ3v) is 3.38. The highest BCUT2D eigenvalue weighted by Crippen LogP contribution is 2.28. The molecule has 2 aromatic rings. The number of hydrogen-bond acceptors (Lipinski definition) is 3. The van der Waals surface area contributed by atoms with Gasteiger partial charge in [-0.05, 0) is 35.4 Å². The van der Waals surface area contributed by atoms with Crippen molar-refractivity contribution in [1.82, 2.24) is 15.1 Å². The number of nitrogens with one attached hydrogen (secondary N) is 1. The van der Waals surface area contributed by atoms with Crippen molar-refractivity contribution < 1.29 is 13.2 Å². The smallest absolute Gasteiger partial charge is 0.315 e. The van der Waals surface area contributed by atoms with E-state index in [-0.39, 0.29) is 0 Å². The molecule has 0 unspecified atom stereocenters. The van der Waals surface area contributed by atoms with Crippen molar-refractivity contribution in [2.45, 2.75) is 19.1 Å². The van der Waals surface area contributed by atoms with Gasteiger partial charge in [0.05, 0.1) is 18.3 Å². The topological polar surface area (TPSA) is 29.9 Å². The van der Waals surface area contributed by atoms with E-state index in [0.717, 1.165) is 25.4 Å². The molecule has 0 spiro atoms. The Labute approximate surface area is 113 Å². The molecule has 0 bridgehead atoms. The number of halogens is 3. The Bertz CT molecular complexity index is 491. The Hall–Kier alpha value is -1.34. The second-order valence-corrected chi connectivity index (χ2v) is 4.90. The average Bonchev–Trinajstić information content (AvgIpc) is 2.97. The van der Waals surface area contributed by atoms with E-state index in [0.29, 0.717) is 13.1 Å². The number of hydrogen-bond donors (Lipinski definition) is 1. The zero-order chi connectivity index (χ0) is 13.7. The van der Waals surface area contributed by atoms with Gasteiger partial charge in [-0.2, -0.15) is 29.6 Å². The molecule has 2 heterocycles. The fourth-order valence-corrected chi connectivity index (χ4v) is 2.32. The molecule has 0 aliphatic rings. The second-order valence-electron chi connectivity index (χ2n) is 4.12. The summed E-state index contributed by atoms with van der Waals surface area (Å²) in [6, 6.07) is 2.06. The van der Waals surface area contributed by atoms with E-state index in [9.17, 15) is 13.2 Å². The van der Waals surface area contributed by atoms with E-state index < -0.39 is 11.7 Å². The van der Waals surface area contributed by atoms with Crippen LogP contribution >= 0.6 is 11.3 Å². The predicted molar refractivity (Wildman–Crippen MR) is 68.1 cm³/mol. The zero-order valence-electron chi connectivity index (χ0n) is 10.2. The van der Waals surface area contributed by atoms with Crippen molar-refractivity contribution in [1.29, 1.82) is 0 Å². The van der Waals surface area contributed by atoms with Gasteiger partial charge in [-0.1, -0.05) is 0 Å². The molecular weight excluding hydrogens is 275 g/mol. The Morgan fingerprint density at radius 1 is 1.32 bits per heavy atom. The molecule has 0 amide bonds. The summed E-state index contributed by atoms with van der Waals surface area (Å²) in [5, 5.41) is 11.0. The van der Waals surface area contributed by atoms with Crippen LogP contribution in [-0.2, 0) is 19.1 Å². The molecule has 3 nitrogen and oxygen atoms in total. The van der Waals surface area contributed by atoms with E-state index in [4.69, 9.17) is 0 Å². The van der Waals surface area contributed by atoms with Crippen LogP contribution < -0.4 is 5.32 Å². The molecule has 7 heteroatoms. The molecule has 2 aromatic heterocycles. The first-order chi connectivity index (χ1) is 9.05. The van der Waals surface area contributed by atoms with E-state index in [2.05, 4.69) is 21.9 Å². The van der Waals surface area contributed by atoms with Gasteiger partial charge in [-0.3, -0.25) is 4.68 Å². The average molecular weight is 289 g/mol. The maximum atomic E-state index is 12.3. The lowest BCUT2D eigenvalue weighted by molar-refractivity contribution is -0.137. The van der Waals surface area contributed by atoms with Gasteiger partial charge in [0.25, 0.3) is 0 Å². The SMILES string of the molecule is FC(F)(F)c1cnn(CCNCCc2ccsc2)c1. The van der Waals surface area contributed by atoms with E-state index >= 15 is 0 Å². The fraction of sp³-hybridized carbons (Fsp3) is 0.417. The molecule has 0 aliphatic heterocycles. The Morgan fingerprint density at radius 3 is 2.79 bits per heavy atom. The number of aromatic nitrogens is 2. The summed E-state index contributed by atoms with van der Waals surface area (Å²) in [5.41, 5.74) is 0.571. The zero-order valence-corrected chi connectivity index (χ0v) is 11.0. The first-order valence-corrected chi connectivity index (χ1v) is 6.81. The minimum absolute atomic E-state index is 0.430. The normalized spacial score (nSPS) is 11.9. The quantitative estimate of drug-likeness (QED) is 0.829. The molecule has 1 N–H and O–H groups in total. The lowest BCUT2D eigenvalue weighted by atomic mass is 10.2. The molecule has 104 valence electrons. The van der Waals surface area contributed by atoms with Crippen molar-refractivity contribution in [3.05, 3.63) is 40.3 Å². The van der Waals surface area contributed by atoms with Gasteiger partial charge < -0.3 is 5.32 Å². The molecule has 2 rings (SSSR count). The number of thiophene rings is 1. The van der Waals surface area contributed by atoms with E-state index in [1.54, 1.807) is 11.3 Å². The van der Waals surface area contributed by atoms with Crippen LogP contribution in [0.1, 0.15) is 11.1 Å². The molecule has 19 heavy (non-hydrogen) atoms. The van der Waals surface area contributed by atoms with Crippen LogP contribution in [0.5, 0.6) is 0 Å². The lowest BCUT2D eigenvalue weighted by Crippen LogP contribution is -2.22. The van der Waals surface area contributed by atoms with Crippen LogP contribution in [0.3, 0.4) is 0 Å². The van der Waals surface area contributed by atoms with E-state index in [1.165, 1.54) is 10.2 Å². The summed E-state index contributed by atoms with van der Waals surface area (Å²) in [7, 11) is 0. The van der Waals surface area contributed by atoms with Crippen LogP contribution in [0, 0.1) is 0 Å². The maximum Gasteiger partial charge on any atom is 0.419 e. The van der Waals surface area contributed by atoms with Gasteiger partial charge >= 0.3 is 6.18 Å². The summed E-state index contributed by atoms with van der Waals surface area (Å²) >= 11 is 1.66. The summed E-state index contributed by atoms with van der Waals surface area (Å²) in [6.45, 7) is 1.84. The number of alkyl halides is 3. The van der Waals surface area contributed by atoms with Crippen molar-refractivity contribution in [3.8, 4) is 0 Å². The fourth-order valence-electron chi connectivity index (χ4n) is 1.62. The minimum atomic E-state index is -4.31. The summed E-state index contributed by atoms with van der Waals surface area (Å²) in [4.78, 5) is 0. The molecular formula is C12H14F3N3S. The number of rotatable bonds is 6. The van der Waals surface area contributed by atoms with Crippen LogP contribution in [0.15, 0.2) is 29.2 Å². The van der Waals surface area contributed by atoms with Crippen molar-refractivity contribution >= 4 is 11.3 Å². The molecule has 0 aromatic carbocycles. The van der Waals surface area contributed by atoms with Crippen LogP contribution in [0.4, 0.5) is 13.2 Å². The molecule has 0 saturated carbocycles. The predicted octanol–water partition coefficient (Wildman–Crippen LogP) is 2.80. The maximum absolute atomic E-state index is 12.3. The third kappa shape index (κ3) is 4.36. The van der Waals surface area contributed by atoms with Crippen molar-refractivity contribution in [2.24, 2.45) is 0 Å². The van der Waals surface area contributed by atoms with Gasteiger partial charge in [0.1, 0.15) is 0 Å². The standard InChI is InChI=1S/C12H14F3N3S/c13-12(14,15)11-7-17-18(8-11)5-4-16-3-1-10-2-6-19-9-10/h2,6-9,16H,1,3-5H2. The Balaban J connectivity index is 1.67. The highest BCUT2D eigenvalue weighted by Gasteiger charge is 2.31. The van der Waals surface area contributed by atoms with Gasteiger partial charge in [0, 0.05) is 12.7 Å². The largest absolute Gasteiger partial charge is 0.419 e. The second kappa shape index (κ2) is 6.21. The highest BCUT2D eigenvalue weighted by molar-refractivity contribution is 7.07. The van der Waals surface area contributed by atoms with Crippen molar-refractivity contribution in [3.63, 3.8) is 0 Å². The summed E-state index contributed by atoms with van der Waals surface area (Å²) in [6.07, 6.45) is -1.51. The molecule has 0 saturated heterocycles. The first-order valence-electron chi connectivity index (χ1n) is 5.87. The highest BCUT2D eigenvalue weighted by atomic mass is 32.1. The molecule has 0 atom stereocenters. The van der Waals surface area contributed by atoms with Gasteiger partial charge in [0.15, 0.2) is 0 Å². The van der Waals surface area contributed by atoms with Crippen molar-refractivity contribution in [2.75, 3.05) is 13.1 Å².